The SMILES string of the molecule is COCCNCCNS(=O)(=O)c1ccc(C(=O)OC)c(C)c1.Cl. The van der Waals surface area contributed by atoms with Gasteiger partial charge in [0.25, 0.3) is 0 Å². The monoisotopic (exact) mass is 366 g/mol. The first kappa shape index (κ1) is 21.8. The first-order valence-electron chi connectivity index (χ1n) is 6.80. The summed E-state index contributed by atoms with van der Waals surface area (Å²) in [6, 6.07) is 4.29. The summed E-state index contributed by atoms with van der Waals surface area (Å²) >= 11 is 0. The Morgan fingerprint density at radius 3 is 2.43 bits per heavy atom. The van der Waals surface area contributed by atoms with Crippen LogP contribution in [0.15, 0.2) is 23.1 Å². The van der Waals surface area contributed by atoms with Crippen LogP contribution in [-0.4, -0.2) is 54.8 Å². The smallest absolute Gasteiger partial charge is 0.338 e. The maximum atomic E-state index is 12.1. The van der Waals surface area contributed by atoms with E-state index in [9.17, 15) is 13.2 Å². The molecule has 0 saturated carbocycles. The van der Waals surface area contributed by atoms with E-state index < -0.39 is 16.0 Å². The summed E-state index contributed by atoms with van der Waals surface area (Å²) in [6.07, 6.45) is 0. The number of carbonyl (C=O) groups excluding carboxylic acids is 1. The zero-order chi connectivity index (χ0) is 16.6. The highest BCUT2D eigenvalue weighted by Gasteiger charge is 2.16. The molecule has 0 aliphatic rings. The van der Waals surface area contributed by atoms with Crippen LogP contribution in [0.4, 0.5) is 0 Å². The number of halogens is 1. The van der Waals surface area contributed by atoms with Crippen molar-refractivity contribution in [2.45, 2.75) is 11.8 Å². The summed E-state index contributed by atoms with van der Waals surface area (Å²) < 4.78 is 36.3. The fourth-order valence-corrected chi connectivity index (χ4v) is 2.92. The summed E-state index contributed by atoms with van der Waals surface area (Å²) in [7, 11) is -0.714. The molecule has 132 valence electrons. The van der Waals surface area contributed by atoms with E-state index in [4.69, 9.17) is 4.74 Å². The molecule has 1 aromatic rings. The standard InChI is InChI=1S/C14H22N2O5S.ClH/c1-11-10-12(4-5-13(11)14(17)21-3)22(18,19)16-7-6-15-8-9-20-2;/h4-5,10,15-16H,6-9H2,1-3H3;1H. The Morgan fingerprint density at radius 1 is 1.17 bits per heavy atom. The molecule has 1 rings (SSSR count). The molecular formula is C14H23ClN2O5S. The zero-order valence-electron chi connectivity index (χ0n) is 13.4. The van der Waals surface area contributed by atoms with E-state index in [-0.39, 0.29) is 23.8 Å². The fourth-order valence-electron chi connectivity index (χ4n) is 1.80. The van der Waals surface area contributed by atoms with E-state index in [0.29, 0.717) is 30.8 Å². The van der Waals surface area contributed by atoms with Crippen molar-refractivity contribution in [3.8, 4) is 0 Å². The molecule has 0 bridgehead atoms. The van der Waals surface area contributed by atoms with Gasteiger partial charge in [-0.2, -0.15) is 0 Å². The van der Waals surface area contributed by atoms with Gasteiger partial charge in [-0.1, -0.05) is 0 Å². The maximum absolute atomic E-state index is 12.1. The van der Waals surface area contributed by atoms with E-state index in [1.165, 1.54) is 25.3 Å². The van der Waals surface area contributed by atoms with Crippen LogP contribution in [-0.2, 0) is 19.5 Å². The third kappa shape index (κ3) is 6.84. The molecule has 0 saturated heterocycles. The van der Waals surface area contributed by atoms with Gasteiger partial charge in [0.05, 0.1) is 24.2 Å². The molecule has 0 unspecified atom stereocenters. The lowest BCUT2D eigenvalue weighted by Crippen LogP contribution is -2.33. The highest BCUT2D eigenvalue weighted by molar-refractivity contribution is 7.89. The molecule has 2 N–H and O–H groups in total. The maximum Gasteiger partial charge on any atom is 0.338 e. The molecule has 0 heterocycles. The van der Waals surface area contributed by atoms with Crippen LogP contribution >= 0.6 is 12.4 Å². The van der Waals surface area contributed by atoms with E-state index in [1.807, 2.05) is 0 Å². The van der Waals surface area contributed by atoms with Gasteiger partial charge in [-0.3, -0.25) is 0 Å². The minimum absolute atomic E-state index is 0. The number of methoxy groups -OCH3 is 2. The third-order valence-corrected chi connectivity index (χ3v) is 4.45. The fraction of sp³-hybridized carbons (Fsp3) is 0.500. The minimum atomic E-state index is -3.60. The Bertz CT molecular complexity index is 607. The first-order valence-corrected chi connectivity index (χ1v) is 8.29. The number of hydrogen-bond donors (Lipinski definition) is 2. The van der Waals surface area contributed by atoms with Gasteiger partial charge in [-0.05, 0) is 30.7 Å². The number of ether oxygens (including phenoxy) is 2. The normalized spacial score (nSPS) is 10.9. The van der Waals surface area contributed by atoms with Crippen LogP contribution in [0.1, 0.15) is 15.9 Å². The zero-order valence-corrected chi connectivity index (χ0v) is 15.1. The van der Waals surface area contributed by atoms with Crippen LogP contribution in [0.5, 0.6) is 0 Å². The number of hydrogen-bond acceptors (Lipinski definition) is 6. The van der Waals surface area contributed by atoms with Crippen LogP contribution in [0.3, 0.4) is 0 Å². The first-order chi connectivity index (χ1) is 10.4. The lowest BCUT2D eigenvalue weighted by Gasteiger charge is -2.10. The van der Waals surface area contributed by atoms with Gasteiger partial charge in [-0.15, -0.1) is 12.4 Å². The van der Waals surface area contributed by atoms with Gasteiger partial charge in [-0.25, -0.2) is 17.9 Å². The predicted octanol–water partition coefficient (Wildman–Crippen LogP) is 0.718. The largest absolute Gasteiger partial charge is 0.465 e. The van der Waals surface area contributed by atoms with Gasteiger partial charge in [0.1, 0.15) is 0 Å². The third-order valence-electron chi connectivity index (χ3n) is 2.99. The number of sulfonamides is 1. The molecule has 7 nitrogen and oxygen atoms in total. The molecule has 0 amide bonds. The Balaban J connectivity index is 0.00000484. The molecule has 23 heavy (non-hydrogen) atoms. The second kappa shape index (κ2) is 10.6. The van der Waals surface area contributed by atoms with Gasteiger partial charge in [0.15, 0.2) is 0 Å². The van der Waals surface area contributed by atoms with Crippen molar-refractivity contribution in [3.05, 3.63) is 29.3 Å². The van der Waals surface area contributed by atoms with Crippen LogP contribution in [0.2, 0.25) is 0 Å². The molecular weight excluding hydrogens is 344 g/mol. The lowest BCUT2D eigenvalue weighted by atomic mass is 10.1. The van der Waals surface area contributed by atoms with Crippen molar-refractivity contribution < 1.29 is 22.7 Å². The Morgan fingerprint density at radius 2 is 1.87 bits per heavy atom. The molecule has 0 spiro atoms. The number of nitrogens with one attached hydrogen (secondary N) is 2. The molecule has 0 radical (unpaired) electrons. The van der Waals surface area contributed by atoms with Crippen molar-refractivity contribution in [2.75, 3.05) is 40.5 Å². The lowest BCUT2D eigenvalue weighted by molar-refractivity contribution is 0.0600. The topological polar surface area (TPSA) is 93.7 Å². The summed E-state index contributed by atoms with van der Waals surface area (Å²) in [5.74, 6) is -0.489. The quantitative estimate of drug-likeness (QED) is 0.494. The molecule has 9 heteroatoms. The van der Waals surface area contributed by atoms with E-state index in [2.05, 4.69) is 14.8 Å². The number of benzene rings is 1. The van der Waals surface area contributed by atoms with E-state index in [0.717, 1.165) is 0 Å². The summed E-state index contributed by atoms with van der Waals surface area (Å²) in [5, 5.41) is 3.04. The summed E-state index contributed by atoms with van der Waals surface area (Å²) in [4.78, 5) is 11.6. The molecule has 1 aromatic carbocycles. The van der Waals surface area contributed by atoms with Crippen LogP contribution in [0, 0.1) is 6.92 Å². The molecule has 0 atom stereocenters. The van der Waals surface area contributed by atoms with E-state index in [1.54, 1.807) is 14.0 Å². The number of aryl methyl sites for hydroxylation is 1. The number of carbonyl (C=O) groups is 1. The van der Waals surface area contributed by atoms with Crippen LogP contribution < -0.4 is 10.0 Å². The van der Waals surface area contributed by atoms with Crippen molar-refractivity contribution >= 4 is 28.4 Å². The second-order valence-electron chi connectivity index (χ2n) is 4.61. The minimum Gasteiger partial charge on any atom is -0.465 e. The van der Waals surface area contributed by atoms with Gasteiger partial charge in [0.2, 0.25) is 10.0 Å². The average Bonchev–Trinajstić information content (AvgIpc) is 2.49. The summed E-state index contributed by atoms with van der Waals surface area (Å²) in [5.41, 5.74) is 0.899. The predicted molar refractivity (Wildman–Crippen MR) is 89.7 cm³/mol. The van der Waals surface area contributed by atoms with Crippen molar-refractivity contribution in [1.82, 2.24) is 10.0 Å². The summed E-state index contributed by atoms with van der Waals surface area (Å²) in [6.45, 7) is 3.66. The van der Waals surface area contributed by atoms with Crippen molar-refractivity contribution in [3.63, 3.8) is 0 Å². The molecule has 0 aromatic heterocycles. The van der Waals surface area contributed by atoms with Crippen LogP contribution in [0.25, 0.3) is 0 Å². The van der Waals surface area contributed by atoms with Crippen molar-refractivity contribution in [1.29, 1.82) is 0 Å². The highest BCUT2D eigenvalue weighted by atomic mass is 35.5. The van der Waals surface area contributed by atoms with Crippen molar-refractivity contribution in [2.24, 2.45) is 0 Å². The molecule has 0 aliphatic carbocycles. The molecule has 0 aliphatic heterocycles. The highest BCUT2D eigenvalue weighted by Crippen LogP contribution is 2.16. The Labute approximate surface area is 143 Å². The van der Waals surface area contributed by atoms with Gasteiger partial charge >= 0.3 is 5.97 Å². The second-order valence-corrected chi connectivity index (χ2v) is 6.38. The Kier molecular flexibility index (Phi) is 10.0. The number of esters is 1. The van der Waals surface area contributed by atoms with E-state index >= 15 is 0 Å². The number of rotatable bonds is 9. The van der Waals surface area contributed by atoms with Gasteiger partial charge in [0, 0.05) is 26.7 Å². The average molecular weight is 367 g/mol. The van der Waals surface area contributed by atoms with Gasteiger partial charge < -0.3 is 14.8 Å². The molecule has 0 fully saturated rings. The Hall–Kier alpha value is -1.19.